The van der Waals surface area contributed by atoms with Gasteiger partial charge in [0, 0.05) is 13.1 Å². The maximum Gasteiger partial charge on any atom is 0.325 e. The summed E-state index contributed by atoms with van der Waals surface area (Å²) in [6.45, 7) is 8.95. The first kappa shape index (κ1) is 19.6. The molecule has 0 saturated carbocycles. The minimum atomic E-state index is -1.57. The lowest BCUT2D eigenvalue weighted by atomic mass is 9.92. The van der Waals surface area contributed by atoms with E-state index in [2.05, 4.69) is 11.9 Å². The predicted molar refractivity (Wildman–Crippen MR) is 91.0 cm³/mol. The molecule has 1 heterocycles. The standard InChI is InChI=1S/C18H21F2N3O3/c1-5-22(9-11(2)3)15(24)10-23-16(25)18(4,21-17(23)26)12-6-7-13(19)14(20)8-12/h6-8H,2,5,9-10H2,1,3-4H3,(H,21,26)/t18-/m0/s1. The first-order valence-electron chi connectivity index (χ1n) is 8.12. The number of rotatable bonds is 6. The predicted octanol–water partition coefficient (Wildman–Crippen LogP) is 2.16. The van der Waals surface area contributed by atoms with Crippen LogP contribution in [0.5, 0.6) is 0 Å². The Kier molecular flexibility index (Phi) is 5.44. The second kappa shape index (κ2) is 7.23. The van der Waals surface area contributed by atoms with Crippen LogP contribution in [0.3, 0.4) is 0 Å². The van der Waals surface area contributed by atoms with Gasteiger partial charge >= 0.3 is 6.03 Å². The van der Waals surface area contributed by atoms with E-state index in [0.717, 1.165) is 22.6 Å². The molecule has 0 bridgehead atoms. The highest BCUT2D eigenvalue weighted by molar-refractivity contribution is 6.09. The van der Waals surface area contributed by atoms with Gasteiger partial charge in [-0.2, -0.15) is 0 Å². The van der Waals surface area contributed by atoms with Gasteiger partial charge in [0.25, 0.3) is 5.91 Å². The third kappa shape index (κ3) is 3.58. The zero-order valence-electron chi connectivity index (χ0n) is 14.9. The van der Waals surface area contributed by atoms with Crippen LogP contribution in [-0.4, -0.2) is 47.3 Å². The normalized spacial score (nSPS) is 19.5. The molecule has 1 aromatic rings. The fourth-order valence-corrected chi connectivity index (χ4v) is 2.78. The van der Waals surface area contributed by atoms with Crippen molar-refractivity contribution in [2.24, 2.45) is 0 Å². The van der Waals surface area contributed by atoms with Crippen LogP contribution in [0.15, 0.2) is 30.4 Å². The van der Waals surface area contributed by atoms with E-state index in [1.165, 1.54) is 17.9 Å². The summed E-state index contributed by atoms with van der Waals surface area (Å²) in [5.74, 6) is -3.29. The Morgan fingerprint density at radius 2 is 1.96 bits per heavy atom. The Labute approximate surface area is 150 Å². The summed E-state index contributed by atoms with van der Waals surface area (Å²) in [6.07, 6.45) is 0. The number of nitrogens with zero attached hydrogens (tertiary/aromatic N) is 2. The highest BCUT2D eigenvalue weighted by Crippen LogP contribution is 2.29. The van der Waals surface area contributed by atoms with Gasteiger partial charge in [-0.15, -0.1) is 0 Å². The Morgan fingerprint density at radius 1 is 1.31 bits per heavy atom. The SMILES string of the molecule is C=C(C)CN(CC)C(=O)CN1C(=O)N[C@@](C)(c2ccc(F)c(F)c2)C1=O. The topological polar surface area (TPSA) is 69.7 Å². The van der Waals surface area contributed by atoms with Crippen LogP contribution in [0.25, 0.3) is 0 Å². The maximum absolute atomic E-state index is 13.5. The number of carbonyl (C=O) groups excluding carboxylic acids is 3. The van der Waals surface area contributed by atoms with Crippen molar-refractivity contribution in [3.05, 3.63) is 47.5 Å². The maximum atomic E-state index is 13.5. The van der Waals surface area contributed by atoms with Crippen molar-refractivity contribution in [2.75, 3.05) is 19.6 Å². The molecule has 1 aliphatic rings. The van der Waals surface area contributed by atoms with E-state index in [1.807, 2.05) is 0 Å². The first-order valence-corrected chi connectivity index (χ1v) is 8.12. The van der Waals surface area contributed by atoms with Gasteiger partial charge in [0.2, 0.25) is 5.91 Å². The molecule has 0 aliphatic carbocycles. The summed E-state index contributed by atoms with van der Waals surface area (Å²) in [7, 11) is 0. The molecule has 4 amide bonds. The van der Waals surface area contributed by atoms with Crippen molar-refractivity contribution in [1.29, 1.82) is 0 Å². The minimum absolute atomic E-state index is 0.0963. The quantitative estimate of drug-likeness (QED) is 0.620. The van der Waals surface area contributed by atoms with Gasteiger partial charge in [-0.05, 0) is 38.5 Å². The summed E-state index contributed by atoms with van der Waals surface area (Å²) in [5.41, 5.74) is -0.708. The molecule has 1 saturated heterocycles. The average molecular weight is 365 g/mol. The second-order valence-corrected chi connectivity index (χ2v) is 6.44. The van der Waals surface area contributed by atoms with Gasteiger partial charge < -0.3 is 10.2 Å². The number of carbonyl (C=O) groups is 3. The van der Waals surface area contributed by atoms with E-state index in [1.54, 1.807) is 13.8 Å². The molecule has 8 heteroatoms. The number of likely N-dealkylation sites (N-methyl/N-ethyl adjacent to an activating group) is 1. The number of imide groups is 1. The summed E-state index contributed by atoms with van der Waals surface area (Å²) in [4.78, 5) is 39.6. The molecule has 1 N–H and O–H groups in total. The number of hydrogen-bond donors (Lipinski definition) is 1. The van der Waals surface area contributed by atoms with Gasteiger partial charge in [0.15, 0.2) is 11.6 Å². The van der Waals surface area contributed by atoms with Gasteiger partial charge in [-0.1, -0.05) is 18.2 Å². The highest BCUT2D eigenvalue weighted by atomic mass is 19.2. The highest BCUT2D eigenvalue weighted by Gasteiger charge is 2.49. The lowest BCUT2D eigenvalue weighted by Crippen LogP contribution is -2.45. The molecule has 1 aromatic carbocycles. The molecule has 1 fully saturated rings. The van der Waals surface area contributed by atoms with E-state index in [4.69, 9.17) is 0 Å². The zero-order chi connectivity index (χ0) is 19.6. The third-order valence-corrected chi connectivity index (χ3v) is 4.26. The molecule has 0 unspecified atom stereocenters. The Morgan fingerprint density at radius 3 is 2.50 bits per heavy atom. The Balaban J connectivity index is 2.23. The zero-order valence-corrected chi connectivity index (χ0v) is 14.9. The van der Waals surface area contributed by atoms with E-state index in [-0.39, 0.29) is 5.56 Å². The Bertz CT molecular complexity index is 781. The molecular formula is C18H21F2N3O3. The largest absolute Gasteiger partial charge is 0.337 e. The number of hydrogen-bond acceptors (Lipinski definition) is 3. The number of benzene rings is 1. The molecule has 0 radical (unpaired) electrons. The molecule has 6 nitrogen and oxygen atoms in total. The summed E-state index contributed by atoms with van der Waals surface area (Å²) in [6, 6.07) is 2.20. The van der Waals surface area contributed by atoms with Gasteiger partial charge in [-0.25, -0.2) is 13.6 Å². The minimum Gasteiger partial charge on any atom is -0.337 e. The summed E-state index contributed by atoms with van der Waals surface area (Å²) < 4.78 is 26.7. The Hall–Kier alpha value is -2.77. The molecule has 1 atom stereocenters. The van der Waals surface area contributed by atoms with E-state index in [0.29, 0.717) is 13.1 Å². The van der Waals surface area contributed by atoms with Crippen LogP contribution >= 0.6 is 0 Å². The molecule has 1 aliphatic heterocycles. The van der Waals surface area contributed by atoms with Gasteiger partial charge in [-0.3, -0.25) is 14.5 Å². The number of amides is 4. The van der Waals surface area contributed by atoms with Crippen molar-refractivity contribution >= 4 is 17.8 Å². The van der Waals surface area contributed by atoms with E-state index < -0.39 is 41.6 Å². The van der Waals surface area contributed by atoms with Crippen molar-refractivity contribution in [2.45, 2.75) is 26.3 Å². The van der Waals surface area contributed by atoms with Crippen LogP contribution < -0.4 is 5.32 Å². The van der Waals surface area contributed by atoms with Gasteiger partial charge in [0.05, 0.1) is 0 Å². The lowest BCUT2D eigenvalue weighted by Gasteiger charge is -2.24. The molecule has 0 spiro atoms. The first-order chi connectivity index (χ1) is 12.1. The third-order valence-electron chi connectivity index (χ3n) is 4.26. The molecule has 0 aromatic heterocycles. The summed E-state index contributed by atoms with van der Waals surface area (Å²) >= 11 is 0. The van der Waals surface area contributed by atoms with Crippen molar-refractivity contribution < 1.29 is 23.2 Å². The van der Waals surface area contributed by atoms with Crippen LogP contribution in [0.4, 0.5) is 13.6 Å². The van der Waals surface area contributed by atoms with E-state index >= 15 is 0 Å². The molecule has 140 valence electrons. The van der Waals surface area contributed by atoms with E-state index in [9.17, 15) is 23.2 Å². The van der Waals surface area contributed by atoms with Gasteiger partial charge in [0.1, 0.15) is 12.1 Å². The van der Waals surface area contributed by atoms with Crippen LogP contribution in [0, 0.1) is 11.6 Å². The molecule has 2 rings (SSSR count). The van der Waals surface area contributed by atoms with Crippen LogP contribution in [-0.2, 0) is 15.1 Å². The molecule has 26 heavy (non-hydrogen) atoms. The average Bonchev–Trinajstić information content (AvgIpc) is 2.79. The number of halogens is 2. The van der Waals surface area contributed by atoms with Crippen LogP contribution in [0.2, 0.25) is 0 Å². The number of urea groups is 1. The summed E-state index contributed by atoms with van der Waals surface area (Å²) in [5, 5.41) is 2.46. The fraction of sp³-hybridized carbons (Fsp3) is 0.389. The number of nitrogens with one attached hydrogen (secondary N) is 1. The van der Waals surface area contributed by atoms with Crippen LogP contribution in [0.1, 0.15) is 26.3 Å². The van der Waals surface area contributed by atoms with Crippen molar-refractivity contribution in [1.82, 2.24) is 15.1 Å². The lowest BCUT2D eigenvalue weighted by molar-refractivity contribution is -0.138. The monoisotopic (exact) mass is 365 g/mol. The second-order valence-electron chi connectivity index (χ2n) is 6.44. The fourth-order valence-electron chi connectivity index (χ4n) is 2.78. The van der Waals surface area contributed by atoms with Crippen molar-refractivity contribution in [3.8, 4) is 0 Å². The smallest absolute Gasteiger partial charge is 0.325 e. The molecular weight excluding hydrogens is 344 g/mol. The van der Waals surface area contributed by atoms with Crippen molar-refractivity contribution in [3.63, 3.8) is 0 Å².